The molecule has 15 heteroatoms. The topological polar surface area (TPSA) is 180 Å². The molecule has 3 aromatic carbocycles. The standard InChI is InChI=1S/C32H32IN3O10S/c1-6-32(5,46-28-24(17-16-22(19-37)27(28)33)44-20-21-12-8-7-9-13-21)29(30(39)34-18-26(38)45-31(2,3)4)35-47(42,43)25-15-11-10-14-23(25)36(40)41/h1,7-17,19,29,35H,18,20H2,2-5H3,(H,34,39)/t29-,32-/m1/s1. The second-order valence-corrected chi connectivity index (χ2v) is 13.9. The SMILES string of the molecule is C#C[C@@](C)(Oc1c(OCc2ccccc2)ccc(C=O)c1I)[C@H](NS(=O)(=O)c1ccccc1[N+](=O)[O-])C(=O)NCC(=O)OC(C)(C)C. The molecule has 0 unspecified atom stereocenters. The molecule has 2 N–H and O–H groups in total. The van der Waals surface area contributed by atoms with Gasteiger partial charge >= 0.3 is 5.97 Å². The lowest BCUT2D eigenvalue weighted by atomic mass is 9.96. The Morgan fingerprint density at radius 3 is 2.30 bits per heavy atom. The third kappa shape index (κ3) is 9.73. The predicted molar refractivity (Wildman–Crippen MR) is 179 cm³/mol. The Bertz CT molecular complexity index is 1800. The lowest BCUT2D eigenvalue weighted by Gasteiger charge is -2.34. The van der Waals surface area contributed by atoms with Crippen molar-refractivity contribution in [3.05, 3.63) is 91.5 Å². The Labute approximate surface area is 285 Å². The molecule has 0 fully saturated rings. The summed E-state index contributed by atoms with van der Waals surface area (Å²) in [6.45, 7) is 5.47. The quantitative estimate of drug-likeness (QED) is 0.0603. The van der Waals surface area contributed by atoms with E-state index >= 15 is 0 Å². The largest absolute Gasteiger partial charge is 0.485 e. The Balaban J connectivity index is 2.10. The predicted octanol–water partition coefficient (Wildman–Crippen LogP) is 4.17. The van der Waals surface area contributed by atoms with Crippen LogP contribution < -0.4 is 19.5 Å². The number of para-hydroxylation sites is 1. The molecule has 2 atom stereocenters. The van der Waals surface area contributed by atoms with E-state index < -0.39 is 61.2 Å². The number of sulfonamides is 1. The van der Waals surface area contributed by atoms with Crippen LogP contribution in [0.25, 0.3) is 0 Å². The fourth-order valence-electron chi connectivity index (χ4n) is 4.08. The van der Waals surface area contributed by atoms with Crippen molar-refractivity contribution < 1.29 is 41.9 Å². The Morgan fingerprint density at radius 1 is 1.06 bits per heavy atom. The summed E-state index contributed by atoms with van der Waals surface area (Å²) < 4.78 is 47.0. The molecule has 0 bridgehead atoms. The van der Waals surface area contributed by atoms with Crippen LogP contribution >= 0.6 is 22.6 Å². The van der Waals surface area contributed by atoms with E-state index in [9.17, 15) is 32.9 Å². The van der Waals surface area contributed by atoms with E-state index in [4.69, 9.17) is 20.6 Å². The monoisotopic (exact) mass is 777 g/mol. The Kier molecular flexibility index (Phi) is 12.1. The molecule has 1 amide bonds. The van der Waals surface area contributed by atoms with Gasteiger partial charge in [0.05, 0.1) is 8.49 Å². The van der Waals surface area contributed by atoms with Gasteiger partial charge in [-0.15, -0.1) is 6.42 Å². The van der Waals surface area contributed by atoms with Crippen LogP contribution in [0, 0.1) is 26.0 Å². The number of nitro benzene ring substituents is 1. The molecule has 0 radical (unpaired) electrons. The molecular weight excluding hydrogens is 745 g/mol. The molecule has 47 heavy (non-hydrogen) atoms. The summed E-state index contributed by atoms with van der Waals surface area (Å²) in [5.41, 5.74) is -2.87. The number of benzene rings is 3. The summed E-state index contributed by atoms with van der Waals surface area (Å²) >= 11 is 1.82. The van der Waals surface area contributed by atoms with Crippen molar-refractivity contribution in [2.45, 2.75) is 56.4 Å². The number of ether oxygens (including phenoxy) is 3. The van der Waals surface area contributed by atoms with Crippen molar-refractivity contribution in [1.29, 1.82) is 0 Å². The fourth-order valence-corrected chi connectivity index (χ4v) is 6.21. The number of carbonyl (C=O) groups is 3. The van der Waals surface area contributed by atoms with Gasteiger partial charge in [0.15, 0.2) is 34.3 Å². The smallest absolute Gasteiger partial charge is 0.325 e. The third-order valence-corrected chi connectivity index (χ3v) is 8.90. The molecule has 0 saturated carbocycles. The second-order valence-electron chi connectivity index (χ2n) is 11.1. The number of terminal acetylenes is 1. The number of esters is 1. The van der Waals surface area contributed by atoms with Crippen molar-refractivity contribution in [1.82, 2.24) is 10.0 Å². The van der Waals surface area contributed by atoms with Crippen LogP contribution in [0.2, 0.25) is 0 Å². The number of hydrogen-bond acceptors (Lipinski definition) is 10. The van der Waals surface area contributed by atoms with Gasteiger partial charge < -0.3 is 19.5 Å². The van der Waals surface area contributed by atoms with Crippen LogP contribution in [0.4, 0.5) is 5.69 Å². The van der Waals surface area contributed by atoms with E-state index in [-0.39, 0.29) is 27.2 Å². The first-order chi connectivity index (χ1) is 22.0. The van der Waals surface area contributed by atoms with Gasteiger partial charge in [0.2, 0.25) is 15.9 Å². The molecule has 3 rings (SSSR count). The van der Waals surface area contributed by atoms with E-state index in [0.29, 0.717) is 6.29 Å². The minimum Gasteiger partial charge on any atom is -0.485 e. The van der Waals surface area contributed by atoms with Gasteiger partial charge in [0, 0.05) is 11.6 Å². The molecule has 0 saturated heterocycles. The van der Waals surface area contributed by atoms with Gasteiger partial charge in [-0.3, -0.25) is 24.5 Å². The van der Waals surface area contributed by atoms with Gasteiger partial charge in [-0.1, -0.05) is 48.4 Å². The molecule has 0 aliphatic heterocycles. The highest BCUT2D eigenvalue weighted by molar-refractivity contribution is 14.1. The maximum Gasteiger partial charge on any atom is 0.325 e. The van der Waals surface area contributed by atoms with E-state index in [2.05, 4.69) is 16.0 Å². The van der Waals surface area contributed by atoms with Crippen LogP contribution in [0.15, 0.2) is 71.6 Å². The first-order valence-corrected chi connectivity index (χ1v) is 16.4. The minimum absolute atomic E-state index is 0.0740. The minimum atomic E-state index is -4.85. The number of amides is 1. The van der Waals surface area contributed by atoms with Crippen molar-refractivity contribution in [3.63, 3.8) is 0 Å². The third-order valence-electron chi connectivity index (χ3n) is 6.32. The maximum atomic E-state index is 13.7. The highest BCUT2D eigenvalue weighted by Crippen LogP contribution is 2.38. The van der Waals surface area contributed by atoms with E-state index in [1.54, 1.807) is 20.8 Å². The molecule has 0 aliphatic rings. The zero-order valence-electron chi connectivity index (χ0n) is 25.8. The van der Waals surface area contributed by atoms with Crippen LogP contribution in [0.5, 0.6) is 11.5 Å². The highest BCUT2D eigenvalue weighted by atomic mass is 127. The van der Waals surface area contributed by atoms with Gasteiger partial charge in [-0.2, -0.15) is 4.72 Å². The molecule has 0 spiro atoms. The lowest BCUT2D eigenvalue weighted by Crippen LogP contribution is -2.61. The summed E-state index contributed by atoms with van der Waals surface area (Å²) in [7, 11) is -4.85. The van der Waals surface area contributed by atoms with Crippen LogP contribution in [-0.4, -0.2) is 55.3 Å². The summed E-state index contributed by atoms with van der Waals surface area (Å²) in [4.78, 5) is 47.9. The van der Waals surface area contributed by atoms with Crippen molar-refractivity contribution in [2.24, 2.45) is 0 Å². The van der Waals surface area contributed by atoms with E-state index in [0.717, 1.165) is 17.7 Å². The van der Waals surface area contributed by atoms with E-state index in [1.807, 2.05) is 52.9 Å². The van der Waals surface area contributed by atoms with Crippen LogP contribution in [-0.2, 0) is 31.0 Å². The normalized spacial score (nSPS) is 13.3. The molecule has 248 valence electrons. The fraction of sp³-hybridized carbons (Fsp3) is 0.281. The second kappa shape index (κ2) is 15.4. The Hall–Kier alpha value is -4.53. The summed E-state index contributed by atoms with van der Waals surface area (Å²) in [5.74, 6) is 0.380. The first-order valence-electron chi connectivity index (χ1n) is 13.9. The van der Waals surface area contributed by atoms with Crippen molar-refractivity contribution >= 4 is 56.5 Å². The molecular formula is C32H32IN3O10S. The number of nitrogens with zero attached hydrogens (tertiary/aromatic N) is 1. The molecule has 0 aromatic heterocycles. The number of nitrogens with one attached hydrogen (secondary N) is 2. The zero-order chi connectivity index (χ0) is 35.0. The zero-order valence-corrected chi connectivity index (χ0v) is 28.8. The maximum absolute atomic E-state index is 13.7. The number of hydrogen-bond donors (Lipinski definition) is 2. The van der Waals surface area contributed by atoms with Gasteiger partial charge in [0.25, 0.3) is 5.69 Å². The molecule has 3 aromatic rings. The molecule has 13 nitrogen and oxygen atoms in total. The summed E-state index contributed by atoms with van der Waals surface area (Å²) in [6, 6.07) is 14.5. The number of nitro groups is 1. The van der Waals surface area contributed by atoms with Gasteiger partial charge in [-0.05, 0) is 74.0 Å². The summed E-state index contributed by atoms with van der Waals surface area (Å²) in [5, 5.41) is 14.0. The molecule has 0 aliphatic carbocycles. The number of rotatable bonds is 14. The average molecular weight is 778 g/mol. The lowest BCUT2D eigenvalue weighted by molar-refractivity contribution is -0.387. The highest BCUT2D eigenvalue weighted by Gasteiger charge is 2.45. The Morgan fingerprint density at radius 2 is 1.70 bits per heavy atom. The number of halogens is 1. The van der Waals surface area contributed by atoms with Gasteiger partial charge in [0.1, 0.15) is 18.8 Å². The van der Waals surface area contributed by atoms with Crippen molar-refractivity contribution in [3.8, 4) is 23.8 Å². The van der Waals surface area contributed by atoms with Crippen LogP contribution in [0.3, 0.4) is 0 Å². The van der Waals surface area contributed by atoms with Gasteiger partial charge in [-0.25, -0.2) is 8.42 Å². The number of aldehydes is 1. The average Bonchev–Trinajstić information content (AvgIpc) is 3.02. The summed E-state index contributed by atoms with van der Waals surface area (Å²) in [6.07, 6.45) is 6.46. The van der Waals surface area contributed by atoms with E-state index in [1.165, 1.54) is 31.2 Å². The van der Waals surface area contributed by atoms with Crippen molar-refractivity contribution in [2.75, 3.05) is 6.54 Å². The van der Waals surface area contributed by atoms with Crippen LogP contribution in [0.1, 0.15) is 43.6 Å². The molecule has 0 heterocycles. The number of carbonyl (C=O) groups excluding carboxylic acids is 3. The first kappa shape index (κ1) is 36.9.